The number of nitrogens with two attached hydrogens (primary N) is 1. The third kappa shape index (κ3) is 3.51. The fourth-order valence-electron chi connectivity index (χ4n) is 1.48. The van der Waals surface area contributed by atoms with E-state index >= 15 is 0 Å². The average Bonchev–Trinajstić information content (AvgIpc) is 2.08. The summed E-state index contributed by atoms with van der Waals surface area (Å²) in [4.78, 5) is 0. The van der Waals surface area contributed by atoms with E-state index in [4.69, 9.17) is 5.73 Å². The summed E-state index contributed by atoms with van der Waals surface area (Å²) in [6.45, 7) is 6.60. The molecule has 3 heteroatoms. The van der Waals surface area contributed by atoms with E-state index in [2.05, 4.69) is 5.32 Å². The summed E-state index contributed by atoms with van der Waals surface area (Å²) in [5.74, 6) is -0.185. The van der Waals surface area contributed by atoms with Gasteiger partial charge in [-0.05, 0) is 45.9 Å². The first-order chi connectivity index (χ1) is 6.94. The van der Waals surface area contributed by atoms with E-state index in [1.54, 1.807) is 6.07 Å². The van der Waals surface area contributed by atoms with Crippen molar-refractivity contribution in [1.82, 2.24) is 0 Å². The van der Waals surface area contributed by atoms with Gasteiger partial charge in [-0.15, -0.1) is 0 Å². The molecule has 0 atom stereocenters. The molecule has 0 aliphatic rings. The quantitative estimate of drug-likeness (QED) is 0.804. The summed E-state index contributed by atoms with van der Waals surface area (Å²) >= 11 is 0. The van der Waals surface area contributed by atoms with Crippen molar-refractivity contribution in [2.75, 3.05) is 11.9 Å². The second-order valence-corrected chi connectivity index (χ2v) is 4.68. The van der Waals surface area contributed by atoms with Crippen LogP contribution >= 0.6 is 0 Å². The molecule has 0 aliphatic heterocycles. The summed E-state index contributed by atoms with van der Waals surface area (Å²) in [6, 6.07) is 5.07. The number of benzene rings is 1. The Kier molecular flexibility index (Phi) is 3.69. The molecule has 0 aromatic heterocycles. The minimum Gasteiger partial charge on any atom is -0.380 e. The highest BCUT2D eigenvalue weighted by molar-refractivity contribution is 5.53. The predicted molar refractivity (Wildman–Crippen MR) is 62.5 cm³/mol. The van der Waals surface area contributed by atoms with Crippen molar-refractivity contribution in [1.29, 1.82) is 0 Å². The standard InChI is InChI=1S/C12H19FN2/c1-12(2,3)15-11-6-4-5-10(13)9(11)7-8-14/h4-6,15H,7-8,14H2,1-3H3. The Balaban J connectivity index is 3.00. The summed E-state index contributed by atoms with van der Waals surface area (Å²) in [5, 5.41) is 3.28. The molecule has 2 nitrogen and oxygen atoms in total. The number of hydrogen-bond donors (Lipinski definition) is 2. The van der Waals surface area contributed by atoms with E-state index in [0.717, 1.165) is 5.69 Å². The Morgan fingerprint density at radius 1 is 1.33 bits per heavy atom. The van der Waals surface area contributed by atoms with Crippen molar-refractivity contribution in [3.8, 4) is 0 Å². The zero-order chi connectivity index (χ0) is 11.5. The molecular formula is C12H19FN2. The second kappa shape index (κ2) is 4.62. The highest BCUT2D eigenvalue weighted by Crippen LogP contribution is 2.22. The van der Waals surface area contributed by atoms with Gasteiger partial charge in [0, 0.05) is 16.8 Å². The molecule has 0 saturated carbocycles. The van der Waals surface area contributed by atoms with Gasteiger partial charge in [0.15, 0.2) is 0 Å². The van der Waals surface area contributed by atoms with Crippen molar-refractivity contribution < 1.29 is 4.39 Å². The Morgan fingerprint density at radius 3 is 2.53 bits per heavy atom. The number of nitrogens with one attached hydrogen (secondary N) is 1. The van der Waals surface area contributed by atoms with Gasteiger partial charge in [-0.3, -0.25) is 0 Å². The lowest BCUT2D eigenvalue weighted by Crippen LogP contribution is -2.27. The molecule has 84 valence electrons. The van der Waals surface area contributed by atoms with Crippen LogP contribution in [0.25, 0.3) is 0 Å². The molecule has 0 heterocycles. The second-order valence-electron chi connectivity index (χ2n) is 4.68. The molecule has 0 spiro atoms. The van der Waals surface area contributed by atoms with E-state index in [1.807, 2.05) is 26.8 Å². The van der Waals surface area contributed by atoms with Gasteiger partial charge in [0.2, 0.25) is 0 Å². The van der Waals surface area contributed by atoms with E-state index in [0.29, 0.717) is 18.5 Å². The lowest BCUT2D eigenvalue weighted by atomic mass is 10.0. The molecule has 0 unspecified atom stereocenters. The zero-order valence-electron chi connectivity index (χ0n) is 9.60. The molecule has 0 bridgehead atoms. The zero-order valence-corrected chi connectivity index (χ0v) is 9.60. The topological polar surface area (TPSA) is 38.0 Å². The van der Waals surface area contributed by atoms with Crippen LogP contribution in [0.1, 0.15) is 26.3 Å². The van der Waals surface area contributed by atoms with Gasteiger partial charge in [-0.1, -0.05) is 6.07 Å². The summed E-state index contributed by atoms with van der Waals surface area (Å²) in [5.41, 5.74) is 6.91. The Hall–Kier alpha value is -1.09. The summed E-state index contributed by atoms with van der Waals surface area (Å²) in [6.07, 6.45) is 0.561. The maximum Gasteiger partial charge on any atom is 0.128 e. The van der Waals surface area contributed by atoms with Gasteiger partial charge in [0.1, 0.15) is 5.82 Å². The van der Waals surface area contributed by atoms with Gasteiger partial charge in [0.25, 0.3) is 0 Å². The van der Waals surface area contributed by atoms with Gasteiger partial charge < -0.3 is 11.1 Å². The highest BCUT2D eigenvalue weighted by atomic mass is 19.1. The SMILES string of the molecule is CC(C)(C)Nc1cccc(F)c1CCN. The van der Waals surface area contributed by atoms with Crippen LogP contribution in [0.3, 0.4) is 0 Å². The van der Waals surface area contributed by atoms with Gasteiger partial charge >= 0.3 is 0 Å². The Bertz CT molecular complexity index is 329. The summed E-state index contributed by atoms with van der Waals surface area (Å²) in [7, 11) is 0. The molecule has 1 aromatic rings. The van der Waals surface area contributed by atoms with Gasteiger partial charge in [-0.2, -0.15) is 0 Å². The van der Waals surface area contributed by atoms with Crippen LogP contribution in [0.15, 0.2) is 18.2 Å². The van der Waals surface area contributed by atoms with Crippen LogP contribution in [0.4, 0.5) is 10.1 Å². The molecule has 0 aliphatic carbocycles. The highest BCUT2D eigenvalue weighted by Gasteiger charge is 2.13. The van der Waals surface area contributed by atoms with E-state index < -0.39 is 0 Å². The normalized spacial score (nSPS) is 11.5. The largest absolute Gasteiger partial charge is 0.380 e. The number of rotatable bonds is 3. The minimum atomic E-state index is -0.185. The first-order valence-electron chi connectivity index (χ1n) is 5.19. The van der Waals surface area contributed by atoms with Crippen LogP contribution in [0.5, 0.6) is 0 Å². The molecule has 1 aromatic carbocycles. The number of halogens is 1. The van der Waals surface area contributed by atoms with Crippen molar-refractivity contribution >= 4 is 5.69 Å². The molecule has 0 radical (unpaired) electrons. The van der Waals surface area contributed by atoms with Gasteiger partial charge in [0.05, 0.1) is 0 Å². The molecule has 0 fully saturated rings. The van der Waals surface area contributed by atoms with Crippen LogP contribution in [0, 0.1) is 5.82 Å². The molecule has 15 heavy (non-hydrogen) atoms. The monoisotopic (exact) mass is 210 g/mol. The first kappa shape index (κ1) is 12.0. The fraction of sp³-hybridized carbons (Fsp3) is 0.500. The van der Waals surface area contributed by atoms with Crippen molar-refractivity contribution in [3.63, 3.8) is 0 Å². The molecule has 1 rings (SSSR count). The third-order valence-electron chi connectivity index (χ3n) is 2.02. The molecule has 3 N–H and O–H groups in total. The van der Waals surface area contributed by atoms with Crippen LogP contribution in [0.2, 0.25) is 0 Å². The Morgan fingerprint density at radius 2 is 2.00 bits per heavy atom. The lowest BCUT2D eigenvalue weighted by Gasteiger charge is -2.24. The van der Waals surface area contributed by atoms with Crippen LogP contribution < -0.4 is 11.1 Å². The molecule has 0 saturated heterocycles. The first-order valence-corrected chi connectivity index (χ1v) is 5.19. The van der Waals surface area contributed by atoms with Crippen molar-refractivity contribution in [2.45, 2.75) is 32.7 Å². The molecular weight excluding hydrogens is 191 g/mol. The average molecular weight is 210 g/mol. The summed E-state index contributed by atoms with van der Waals surface area (Å²) < 4.78 is 13.5. The Labute approximate surface area is 90.7 Å². The van der Waals surface area contributed by atoms with E-state index in [9.17, 15) is 4.39 Å². The van der Waals surface area contributed by atoms with Crippen LogP contribution in [-0.4, -0.2) is 12.1 Å². The van der Waals surface area contributed by atoms with E-state index in [1.165, 1.54) is 6.07 Å². The van der Waals surface area contributed by atoms with Crippen molar-refractivity contribution in [3.05, 3.63) is 29.6 Å². The number of hydrogen-bond acceptors (Lipinski definition) is 2. The number of anilines is 1. The molecule has 0 amide bonds. The fourth-order valence-corrected chi connectivity index (χ4v) is 1.48. The predicted octanol–water partition coefficient (Wildman–Crippen LogP) is 2.54. The smallest absolute Gasteiger partial charge is 0.128 e. The maximum absolute atomic E-state index is 13.5. The minimum absolute atomic E-state index is 0.0723. The third-order valence-corrected chi connectivity index (χ3v) is 2.02. The van der Waals surface area contributed by atoms with Gasteiger partial charge in [-0.25, -0.2) is 4.39 Å². The van der Waals surface area contributed by atoms with E-state index in [-0.39, 0.29) is 11.4 Å². The van der Waals surface area contributed by atoms with Crippen molar-refractivity contribution in [2.24, 2.45) is 5.73 Å². The van der Waals surface area contributed by atoms with Crippen LogP contribution in [-0.2, 0) is 6.42 Å². The lowest BCUT2D eigenvalue weighted by molar-refractivity contribution is 0.602. The maximum atomic E-state index is 13.5.